The second kappa shape index (κ2) is 7.33. The van der Waals surface area contributed by atoms with Crippen LogP contribution in [0.3, 0.4) is 0 Å². The Hall–Kier alpha value is -2.61. The molecule has 0 aliphatic carbocycles. The van der Waals surface area contributed by atoms with E-state index in [1.54, 1.807) is 31.2 Å². The molecule has 0 saturated heterocycles. The zero-order valence-corrected chi connectivity index (χ0v) is 14.4. The van der Waals surface area contributed by atoms with Crippen LogP contribution >= 0.6 is 11.6 Å². The molecule has 3 rings (SSSR count). The summed E-state index contributed by atoms with van der Waals surface area (Å²) in [5.74, 6) is -0.264. The molecular formula is C17H14ClF3N4O. The lowest BCUT2D eigenvalue weighted by atomic mass is 9.99. The first kappa shape index (κ1) is 18.2. The van der Waals surface area contributed by atoms with Crippen LogP contribution in [0.15, 0.2) is 49.1 Å². The molecular weight excluding hydrogens is 369 g/mol. The van der Waals surface area contributed by atoms with E-state index in [-0.39, 0.29) is 18.0 Å². The lowest BCUT2D eigenvalue weighted by molar-refractivity contribution is -0.142. The molecule has 0 bridgehead atoms. The molecule has 0 aliphatic rings. The van der Waals surface area contributed by atoms with E-state index in [0.29, 0.717) is 10.8 Å². The zero-order chi connectivity index (χ0) is 18.7. The molecule has 1 atom stereocenters. The average Bonchev–Trinajstić information content (AvgIpc) is 3.09. The van der Waals surface area contributed by atoms with Crippen molar-refractivity contribution in [2.75, 3.05) is 0 Å². The predicted octanol–water partition coefficient (Wildman–Crippen LogP) is 4.94. The number of rotatable bonds is 5. The molecule has 26 heavy (non-hydrogen) atoms. The maximum Gasteiger partial charge on any atom is 0.433 e. The highest BCUT2D eigenvalue weighted by molar-refractivity contribution is 6.30. The van der Waals surface area contributed by atoms with E-state index in [1.807, 2.05) is 0 Å². The molecule has 0 radical (unpaired) electrons. The van der Waals surface area contributed by atoms with Crippen LogP contribution in [0.2, 0.25) is 5.02 Å². The van der Waals surface area contributed by atoms with Crippen molar-refractivity contribution in [2.24, 2.45) is 0 Å². The van der Waals surface area contributed by atoms with Crippen LogP contribution in [0.1, 0.15) is 24.1 Å². The van der Waals surface area contributed by atoms with Crippen LogP contribution in [-0.4, -0.2) is 19.7 Å². The third-order valence-electron chi connectivity index (χ3n) is 3.66. The van der Waals surface area contributed by atoms with Gasteiger partial charge in [0.25, 0.3) is 0 Å². The van der Waals surface area contributed by atoms with E-state index < -0.39 is 17.8 Å². The summed E-state index contributed by atoms with van der Waals surface area (Å²) in [7, 11) is 0. The van der Waals surface area contributed by atoms with Gasteiger partial charge in [-0.25, -0.2) is 9.97 Å². The summed E-state index contributed by atoms with van der Waals surface area (Å²) in [5.41, 5.74) is -0.909. The third kappa shape index (κ3) is 4.32. The first-order valence-corrected chi connectivity index (χ1v) is 8.04. The Morgan fingerprint density at radius 2 is 1.88 bits per heavy atom. The summed E-state index contributed by atoms with van der Waals surface area (Å²) < 4.78 is 47.4. The molecule has 0 amide bonds. The fourth-order valence-corrected chi connectivity index (χ4v) is 2.59. The average molecular weight is 383 g/mol. The summed E-state index contributed by atoms with van der Waals surface area (Å²) in [6, 6.07) is 9.06. The summed E-state index contributed by atoms with van der Waals surface area (Å²) >= 11 is 5.78. The molecule has 2 aromatic heterocycles. The van der Waals surface area contributed by atoms with Crippen LogP contribution in [0.25, 0.3) is 0 Å². The van der Waals surface area contributed by atoms with Gasteiger partial charge in [-0.3, -0.25) is 4.68 Å². The van der Waals surface area contributed by atoms with Crippen LogP contribution in [0, 0.1) is 0 Å². The van der Waals surface area contributed by atoms with Crippen molar-refractivity contribution in [3.05, 3.63) is 65.3 Å². The Labute approximate surface area is 152 Å². The molecule has 136 valence electrons. The van der Waals surface area contributed by atoms with Crippen molar-refractivity contribution in [3.8, 4) is 11.6 Å². The van der Waals surface area contributed by atoms with Gasteiger partial charge in [0.15, 0.2) is 5.69 Å². The van der Waals surface area contributed by atoms with Crippen LogP contribution < -0.4 is 4.74 Å². The number of pyridine rings is 1. The molecule has 1 unspecified atom stereocenters. The Balaban J connectivity index is 1.89. The quantitative estimate of drug-likeness (QED) is 0.627. The van der Waals surface area contributed by atoms with Crippen LogP contribution in [0.5, 0.6) is 11.6 Å². The molecule has 0 fully saturated rings. The molecule has 5 nitrogen and oxygen atoms in total. The molecule has 0 N–H and O–H groups in total. The van der Waals surface area contributed by atoms with Gasteiger partial charge in [-0.05, 0) is 29.8 Å². The van der Waals surface area contributed by atoms with Crippen molar-refractivity contribution in [2.45, 2.75) is 25.6 Å². The Bertz CT molecular complexity index is 867. The van der Waals surface area contributed by atoms with Crippen molar-refractivity contribution < 1.29 is 17.9 Å². The van der Waals surface area contributed by atoms with Crippen molar-refractivity contribution >= 4 is 11.6 Å². The van der Waals surface area contributed by atoms with E-state index in [1.165, 1.54) is 29.5 Å². The largest absolute Gasteiger partial charge is 0.439 e. The fourth-order valence-electron chi connectivity index (χ4n) is 2.46. The minimum atomic E-state index is -4.61. The number of alkyl halides is 3. The Morgan fingerprint density at radius 3 is 2.50 bits per heavy atom. The molecule has 2 heterocycles. The summed E-state index contributed by atoms with van der Waals surface area (Å²) in [6.07, 6.45) is -1.82. The number of benzene rings is 1. The predicted molar refractivity (Wildman–Crippen MR) is 89.2 cm³/mol. The summed E-state index contributed by atoms with van der Waals surface area (Å²) in [4.78, 5) is 7.48. The van der Waals surface area contributed by atoms with E-state index in [0.717, 1.165) is 0 Å². The number of hydrogen-bond donors (Lipinski definition) is 0. The van der Waals surface area contributed by atoms with E-state index in [9.17, 15) is 13.2 Å². The lowest BCUT2D eigenvalue weighted by Crippen LogP contribution is -2.16. The van der Waals surface area contributed by atoms with Crippen molar-refractivity contribution in [3.63, 3.8) is 0 Å². The number of halogens is 4. The highest BCUT2D eigenvalue weighted by atomic mass is 35.5. The van der Waals surface area contributed by atoms with Gasteiger partial charge in [0.05, 0.1) is 0 Å². The van der Waals surface area contributed by atoms with Crippen molar-refractivity contribution in [1.29, 1.82) is 0 Å². The van der Waals surface area contributed by atoms with Crippen molar-refractivity contribution in [1.82, 2.24) is 19.7 Å². The molecule has 0 aliphatic heterocycles. The smallest absolute Gasteiger partial charge is 0.433 e. The van der Waals surface area contributed by atoms with Crippen LogP contribution in [-0.2, 0) is 12.7 Å². The van der Waals surface area contributed by atoms with Gasteiger partial charge in [-0.1, -0.05) is 24.6 Å². The first-order valence-electron chi connectivity index (χ1n) is 7.67. The third-order valence-corrected chi connectivity index (χ3v) is 3.92. The normalized spacial score (nSPS) is 12.8. The van der Waals surface area contributed by atoms with E-state index in [4.69, 9.17) is 16.3 Å². The highest BCUT2D eigenvalue weighted by Crippen LogP contribution is 2.36. The van der Waals surface area contributed by atoms with Gasteiger partial charge in [0.2, 0.25) is 5.88 Å². The number of ether oxygens (including phenoxy) is 1. The molecule has 3 aromatic rings. The summed E-state index contributed by atoms with van der Waals surface area (Å²) in [6.45, 7) is 1.93. The second-order valence-electron chi connectivity index (χ2n) is 5.66. The number of nitrogens with zero attached hydrogens (tertiary/aromatic N) is 4. The first-order chi connectivity index (χ1) is 12.3. The maximum atomic E-state index is 13.5. The Morgan fingerprint density at radius 1 is 1.15 bits per heavy atom. The van der Waals surface area contributed by atoms with E-state index >= 15 is 0 Å². The fraction of sp³-hybridized carbons (Fsp3) is 0.235. The van der Waals surface area contributed by atoms with Gasteiger partial charge in [-0.2, -0.15) is 18.3 Å². The van der Waals surface area contributed by atoms with Gasteiger partial charge in [0.1, 0.15) is 18.4 Å². The number of aromatic nitrogens is 4. The van der Waals surface area contributed by atoms with E-state index in [2.05, 4.69) is 15.1 Å². The number of hydrogen-bond acceptors (Lipinski definition) is 4. The SMILES string of the molecule is CC(Cn1cncn1)c1ccc(Oc2ccc(Cl)cc2)nc1C(F)(F)F. The monoisotopic (exact) mass is 382 g/mol. The minimum Gasteiger partial charge on any atom is -0.439 e. The maximum absolute atomic E-state index is 13.5. The van der Waals surface area contributed by atoms with Gasteiger partial charge in [0, 0.05) is 23.6 Å². The minimum absolute atomic E-state index is 0.0662. The van der Waals surface area contributed by atoms with Gasteiger partial charge < -0.3 is 4.74 Å². The molecule has 0 spiro atoms. The van der Waals surface area contributed by atoms with Crippen LogP contribution in [0.4, 0.5) is 13.2 Å². The lowest BCUT2D eigenvalue weighted by Gasteiger charge is -2.18. The van der Waals surface area contributed by atoms with Gasteiger partial charge >= 0.3 is 6.18 Å². The summed E-state index contributed by atoms with van der Waals surface area (Å²) in [5, 5.41) is 4.42. The second-order valence-corrected chi connectivity index (χ2v) is 6.10. The molecule has 0 saturated carbocycles. The Kier molecular flexibility index (Phi) is 5.13. The molecule has 1 aromatic carbocycles. The highest BCUT2D eigenvalue weighted by Gasteiger charge is 2.37. The zero-order valence-electron chi connectivity index (χ0n) is 13.6. The standard InChI is InChI=1S/C17H14ClF3N4O/c1-11(8-25-10-22-9-23-25)14-6-7-15(24-16(14)17(19,20)21)26-13-4-2-12(18)3-5-13/h2-7,9-11H,8H2,1H3. The van der Waals surface area contributed by atoms with Gasteiger partial charge in [-0.15, -0.1) is 0 Å². The molecule has 9 heteroatoms. The topological polar surface area (TPSA) is 52.8 Å².